The van der Waals surface area contributed by atoms with E-state index < -0.39 is 0 Å². The maximum Gasteiger partial charge on any atom is 0.126 e. The molecule has 0 aliphatic carbocycles. The molecule has 0 radical (unpaired) electrons. The average Bonchev–Trinajstić information content (AvgIpc) is 2.59. The second-order valence-electron chi connectivity index (χ2n) is 7.24. The van der Waals surface area contributed by atoms with E-state index in [1.807, 2.05) is 12.1 Å². The molecule has 1 N–H and O–H groups in total. The van der Waals surface area contributed by atoms with Crippen molar-refractivity contribution in [2.75, 3.05) is 6.54 Å². The van der Waals surface area contributed by atoms with Crippen molar-refractivity contribution >= 4 is 0 Å². The molecule has 1 fully saturated rings. The molecule has 2 rings (SSSR count). The number of likely N-dealkylation sites (N-methyl/N-ethyl adjacent to an activating group) is 1. The van der Waals surface area contributed by atoms with Gasteiger partial charge in [0.25, 0.3) is 0 Å². The summed E-state index contributed by atoms with van der Waals surface area (Å²) in [6.45, 7) is 11.6. The molecule has 0 saturated carbocycles. The van der Waals surface area contributed by atoms with Gasteiger partial charge in [-0.25, -0.2) is 4.39 Å². The van der Waals surface area contributed by atoms with Crippen LogP contribution in [0, 0.1) is 11.7 Å². The van der Waals surface area contributed by atoms with E-state index in [0.29, 0.717) is 12.3 Å². The predicted molar refractivity (Wildman–Crippen MR) is 84.9 cm³/mol. The molecule has 0 aromatic heterocycles. The first kappa shape index (κ1) is 16.4. The Morgan fingerprint density at radius 2 is 1.95 bits per heavy atom. The van der Waals surface area contributed by atoms with Crippen molar-refractivity contribution in [3.8, 4) is 0 Å². The Bertz CT molecular complexity index is 484. The zero-order valence-corrected chi connectivity index (χ0v) is 13.9. The zero-order valence-electron chi connectivity index (χ0n) is 13.9. The van der Waals surface area contributed by atoms with Crippen LogP contribution >= 0.6 is 0 Å². The van der Waals surface area contributed by atoms with Crippen LogP contribution < -0.4 is 5.32 Å². The third kappa shape index (κ3) is 3.83. The van der Waals surface area contributed by atoms with Crippen LogP contribution in [0.15, 0.2) is 24.3 Å². The third-order valence-electron chi connectivity index (χ3n) is 4.49. The summed E-state index contributed by atoms with van der Waals surface area (Å²) in [5, 5.41) is 3.55. The van der Waals surface area contributed by atoms with Crippen LogP contribution in [0.5, 0.6) is 0 Å². The van der Waals surface area contributed by atoms with Crippen molar-refractivity contribution in [2.45, 2.75) is 64.7 Å². The number of ether oxygens (including phenoxy) is 1. The maximum absolute atomic E-state index is 14.0. The van der Waals surface area contributed by atoms with Crippen molar-refractivity contribution < 1.29 is 9.13 Å². The number of benzene rings is 1. The van der Waals surface area contributed by atoms with Crippen LogP contribution in [0.25, 0.3) is 0 Å². The van der Waals surface area contributed by atoms with E-state index in [9.17, 15) is 4.39 Å². The molecule has 2 unspecified atom stereocenters. The van der Waals surface area contributed by atoms with Crippen molar-refractivity contribution in [2.24, 2.45) is 5.92 Å². The molecule has 1 saturated heterocycles. The van der Waals surface area contributed by atoms with E-state index in [2.05, 4.69) is 39.9 Å². The summed E-state index contributed by atoms with van der Waals surface area (Å²) in [6, 6.07) is 7.30. The van der Waals surface area contributed by atoms with E-state index in [4.69, 9.17) is 4.74 Å². The van der Waals surface area contributed by atoms with Gasteiger partial charge < -0.3 is 10.1 Å². The molecule has 21 heavy (non-hydrogen) atoms. The lowest BCUT2D eigenvalue weighted by molar-refractivity contribution is -0.0776. The van der Waals surface area contributed by atoms with Crippen molar-refractivity contribution in [1.29, 1.82) is 0 Å². The fraction of sp³-hybridized carbons (Fsp3) is 0.667. The number of nitrogens with one attached hydrogen (secondary N) is 1. The Labute approximate surface area is 128 Å². The number of halogens is 1. The molecule has 0 spiro atoms. The molecule has 3 heteroatoms. The first-order valence-electron chi connectivity index (χ1n) is 7.92. The van der Waals surface area contributed by atoms with Gasteiger partial charge in [0.15, 0.2) is 0 Å². The van der Waals surface area contributed by atoms with Crippen molar-refractivity contribution in [3.63, 3.8) is 0 Å². The van der Waals surface area contributed by atoms with Gasteiger partial charge in [-0.1, -0.05) is 25.1 Å². The normalized spacial score (nSPS) is 25.0. The van der Waals surface area contributed by atoms with Gasteiger partial charge in [0, 0.05) is 12.0 Å². The van der Waals surface area contributed by atoms with Gasteiger partial charge >= 0.3 is 0 Å². The first-order chi connectivity index (χ1) is 9.75. The summed E-state index contributed by atoms with van der Waals surface area (Å²) in [5.41, 5.74) is 0.475. The Hall–Kier alpha value is -0.930. The highest BCUT2D eigenvalue weighted by Crippen LogP contribution is 2.44. The lowest BCUT2D eigenvalue weighted by atomic mass is 9.79. The van der Waals surface area contributed by atoms with Gasteiger partial charge in [-0.05, 0) is 58.7 Å². The van der Waals surface area contributed by atoms with Crippen LogP contribution in [0.3, 0.4) is 0 Å². The summed E-state index contributed by atoms with van der Waals surface area (Å²) < 4.78 is 20.2. The average molecular weight is 293 g/mol. The molecule has 2 atom stereocenters. The van der Waals surface area contributed by atoms with Gasteiger partial charge in [-0.3, -0.25) is 0 Å². The Kier molecular flexibility index (Phi) is 4.74. The largest absolute Gasteiger partial charge is 0.369 e. The van der Waals surface area contributed by atoms with E-state index in [1.54, 1.807) is 12.1 Å². The van der Waals surface area contributed by atoms with Crippen LogP contribution in [-0.4, -0.2) is 23.8 Å². The standard InChI is InChI=1S/C18H28FNO/c1-6-20-16(11-13-9-7-8-10-15(13)19)14-12-17(2,3)21-18(14,4)5/h7-10,14,16,20H,6,11-12H2,1-5H3. The van der Waals surface area contributed by atoms with Gasteiger partial charge in [-0.15, -0.1) is 0 Å². The third-order valence-corrected chi connectivity index (χ3v) is 4.49. The number of hydrogen-bond donors (Lipinski definition) is 1. The van der Waals surface area contributed by atoms with E-state index in [-0.39, 0.29) is 23.1 Å². The lowest BCUT2D eigenvalue weighted by Gasteiger charge is -2.33. The molecule has 2 nitrogen and oxygen atoms in total. The monoisotopic (exact) mass is 293 g/mol. The molecule has 1 aromatic carbocycles. The van der Waals surface area contributed by atoms with Crippen LogP contribution in [0.1, 0.15) is 46.6 Å². The summed E-state index contributed by atoms with van der Waals surface area (Å²) in [5.74, 6) is 0.253. The number of hydrogen-bond acceptors (Lipinski definition) is 2. The minimum Gasteiger partial charge on any atom is -0.369 e. The molecule has 118 valence electrons. The first-order valence-corrected chi connectivity index (χ1v) is 7.92. The smallest absolute Gasteiger partial charge is 0.126 e. The molecule has 1 aliphatic rings. The summed E-state index contributed by atoms with van der Waals surface area (Å²) in [6.07, 6.45) is 1.69. The van der Waals surface area contributed by atoms with Gasteiger partial charge in [0.1, 0.15) is 5.82 Å². The Morgan fingerprint density at radius 1 is 1.29 bits per heavy atom. The molecule has 0 bridgehead atoms. The molecule has 1 heterocycles. The lowest BCUT2D eigenvalue weighted by Crippen LogP contribution is -2.45. The van der Waals surface area contributed by atoms with Crippen LogP contribution in [0.2, 0.25) is 0 Å². The Balaban J connectivity index is 2.21. The second-order valence-corrected chi connectivity index (χ2v) is 7.24. The predicted octanol–water partition coefficient (Wildman–Crippen LogP) is 3.94. The van der Waals surface area contributed by atoms with E-state index in [0.717, 1.165) is 18.5 Å². The highest BCUT2D eigenvalue weighted by Gasteiger charge is 2.48. The molecule has 1 aliphatic heterocycles. The van der Waals surface area contributed by atoms with Crippen LogP contribution in [-0.2, 0) is 11.2 Å². The molecular weight excluding hydrogens is 265 g/mol. The topological polar surface area (TPSA) is 21.3 Å². The minimum absolute atomic E-state index is 0.114. The summed E-state index contributed by atoms with van der Waals surface area (Å²) in [7, 11) is 0. The highest BCUT2D eigenvalue weighted by atomic mass is 19.1. The summed E-state index contributed by atoms with van der Waals surface area (Å²) >= 11 is 0. The van der Waals surface area contributed by atoms with Crippen molar-refractivity contribution in [3.05, 3.63) is 35.6 Å². The highest BCUT2D eigenvalue weighted by molar-refractivity contribution is 5.19. The fourth-order valence-corrected chi connectivity index (χ4v) is 3.75. The molecule has 0 amide bonds. The Morgan fingerprint density at radius 3 is 2.48 bits per heavy atom. The van der Waals surface area contributed by atoms with Gasteiger partial charge in [0.05, 0.1) is 11.2 Å². The van der Waals surface area contributed by atoms with Gasteiger partial charge in [-0.2, -0.15) is 0 Å². The van der Waals surface area contributed by atoms with E-state index >= 15 is 0 Å². The zero-order chi connectivity index (χ0) is 15.7. The molecule has 1 aromatic rings. The fourth-order valence-electron chi connectivity index (χ4n) is 3.75. The second kappa shape index (κ2) is 6.05. The SMILES string of the molecule is CCNC(Cc1ccccc1F)C1CC(C)(C)OC1(C)C. The maximum atomic E-state index is 14.0. The van der Waals surface area contributed by atoms with Crippen molar-refractivity contribution in [1.82, 2.24) is 5.32 Å². The minimum atomic E-state index is -0.193. The van der Waals surface area contributed by atoms with Crippen LogP contribution in [0.4, 0.5) is 4.39 Å². The summed E-state index contributed by atoms with van der Waals surface area (Å²) in [4.78, 5) is 0. The van der Waals surface area contributed by atoms with Gasteiger partial charge in [0.2, 0.25) is 0 Å². The quantitative estimate of drug-likeness (QED) is 0.888. The van der Waals surface area contributed by atoms with E-state index in [1.165, 1.54) is 0 Å². The molecular formula is C18H28FNO. The number of rotatable bonds is 5.